The topological polar surface area (TPSA) is 47.3 Å². The fourth-order valence-electron chi connectivity index (χ4n) is 2.93. The Kier molecular flexibility index (Phi) is 6.80. The molecule has 0 fully saturated rings. The van der Waals surface area contributed by atoms with Crippen molar-refractivity contribution in [1.82, 2.24) is 4.90 Å². The van der Waals surface area contributed by atoms with Crippen molar-refractivity contribution in [3.63, 3.8) is 0 Å². The maximum Gasteiger partial charge on any atom is 0.117 e. The number of rotatable bonds is 7. The van der Waals surface area contributed by atoms with Gasteiger partial charge in [0.05, 0.1) is 12.1 Å². The smallest absolute Gasteiger partial charge is 0.117 e. The zero-order chi connectivity index (χ0) is 18.2. The molecule has 2 aromatic carbocycles. The first-order chi connectivity index (χ1) is 12.1. The quantitative estimate of drug-likeness (QED) is 0.750. The van der Waals surface area contributed by atoms with E-state index in [4.69, 9.17) is 0 Å². The molecule has 0 radical (unpaired) electrons. The molecule has 2 aromatic rings. The van der Waals surface area contributed by atoms with Crippen LogP contribution < -0.4 is 0 Å². The summed E-state index contributed by atoms with van der Waals surface area (Å²) in [5, 5.41) is 20.3. The van der Waals surface area contributed by atoms with Gasteiger partial charge in [-0.3, -0.25) is 0 Å². The van der Waals surface area contributed by atoms with Crippen LogP contribution in [-0.4, -0.2) is 23.1 Å². The number of hydrogen-bond acceptors (Lipinski definition) is 3. The standard InChI is InChI=1S/C22H26N2O/c1-4-18(19-11-7-5-8-12-19)15-21(16-23)24(3)17(2)22(25)20-13-9-6-10-14-20/h5-15,17-18,22,25H,4H2,1-3H3/b21-15+/t17-,18-,22-/m0/s1. The fraction of sp³-hybridized carbons (Fsp3) is 0.318. The third-order valence-corrected chi connectivity index (χ3v) is 4.73. The fourth-order valence-corrected chi connectivity index (χ4v) is 2.93. The summed E-state index contributed by atoms with van der Waals surface area (Å²) < 4.78 is 0. The minimum atomic E-state index is -0.653. The second-order valence-corrected chi connectivity index (χ2v) is 6.30. The molecule has 3 nitrogen and oxygen atoms in total. The zero-order valence-corrected chi connectivity index (χ0v) is 15.1. The van der Waals surface area contributed by atoms with Gasteiger partial charge in [-0.25, -0.2) is 0 Å². The lowest BCUT2D eigenvalue weighted by molar-refractivity contribution is 0.0911. The molecule has 3 atom stereocenters. The predicted octanol–water partition coefficient (Wildman–Crippen LogP) is 4.64. The summed E-state index contributed by atoms with van der Waals surface area (Å²) in [6.07, 6.45) is 2.27. The van der Waals surface area contributed by atoms with Gasteiger partial charge in [-0.1, -0.05) is 67.6 Å². The maximum atomic E-state index is 10.6. The van der Waals surface area contributed by atoms with Crippen LogP contribution in [0.5, 0.6) is 0 Å². The Balaban J connectivity index is 2.22. The molecule has 0 unspecified atom stereocenters. The monoisotopic (exact) mass is 334 g/mol. The highest BCUT2D eigenvalue weighted by Gasteiger charge is 2.22. The lowest BCUT2D eigenvalue weighted by Crippen LogP contribution is -2.33. The molecule has 0 aliphatic rings. The number of allylic oxidation sites excluding steroid dienone is 2. The van der Waals surface area contributed by atoms with Crippen LogP contribution in [0.1, 0.15) is 43.4 Å². The normalized spacial score (nSPS) is 15.1. The van der Waals surface area contributed by atoms with Crippen molar-refractivity contribution in [2.75, 3.05) is 7.05 Å². The van der Waals surface area contributed by atoms with Crippen LogP contribution in [0.15, 0.2) is 72.4 Å². The van der Waals surface area contributed by atoms with E-state index in [9.17, 15) is 10.4 Å². The molecule has 0 aromatic heterocycles. The van der Waals surface area contributed by atoms with Crippen molar-refractivity contribution in [3.05, 3.63) is 83.6 Å². The minimum absolute atomic E-state index is 0.180. The van der Waals surface area contributed by atoms with Crippen molar-refractivity contribution in [2.45, 2.75) is 38.3 Å². The molecule has 2 rings (SSSR count). The summed E-state index contributed by atoms with van der Waals surface area (Å²) in [7, 11) is 1.86. The Bertz CT molecular complexity index is 719. The van der Waals surface area contributed by atoms with Gasteiger partial charge in [0.25, 0.3) is 0 Å². The van der Waals surface area contributed by atoms with E-state index in [0.29, 0.717) is 5.70 Å². The Labute approximate surface area is 150 Å². The van der Waals surface area contributed by atoms with Gasteiger partial charge in [0.15, 0.2) is 0 Å². The number of nitrogens with zero attached hydrogens (tertiary/aromatic N) is 2. The van der Waals surface area contributed by atoms with E-state index in [2.05, 4.69) is 25.1 Å². The van der Waals surface area contributed by atoms with Crippen LogP contribution in [0.4, 0.5) is 0 Å². The molecule has 0 aliphatic heterocycles. The second kappa shape index (κ2) is 9.05. The largest absolute Gasteiger partial charge is 0.386 e. The number of hydrogen-bond donors (Lipinski definition) is 1. The van der Waals surface area contributed by atoms with Crippen molar-refractivity contribution in [2.24, 2.45) is 0 Å². The van der Waals surface area contributed by atoms with Gasteiger partial charge in [0.1, 0.15) is 11.8 Å². The molecular formula is C22H26N2O. The third kappa shape index (κ3) is 4.71. The first-order valence-corrected chi connectivity index (χ1v) is 8.71. The SMILES string of the molecule is CC[C@@H](/C=C(\C#N)N(C)[C@@H](C)[C@H](O)c1ccccc1)c1ccccc1. The van der Waals surface area contributed by atoms with Crippen LogP contribution >= 0.6 is 0 Å². The zero-order valence-electron chi connectivity index (χ0n) is 15.1. The number of aliphatic hydroxyl groups excluding tert-OH is 1. The molecule has 0 bridgehead atoms. The number of benzene rings is 2. The summed E-state index contributed by atoms with van der Waals surface area (Å²) in [5.41, 5.74) is 2.63. The molecule has 3 heteroatoms. The predicted molar refractivity (Wildman–Crippen MR) is 102 cm³/mol. The van der Waals surface area contributed by atoms with Crippen molar-refractivity contribution in [3.8, 4) is 6.07 Å². The average molecular weight is 334 g/mol. The number of aliphatic hydroxyl groups is 1. The first-order valence-electron chi connectivity index (χ1n) is 8.71. The third-order valence-electron chi connectivity index (χ3n) is 4.73. The van der Waals surface area contributed by atoms with Gasteiger partial charge in [0.2, 0.25) is 0 Å². The minimum Gasteiger partial charge on any atom is -0.386 e. The van der Waals surface area contributed by atoms with Crippen molar-refractivity contribution in [1.29, 1.82) is 5.26 Å². The van der Waals surface area contributed by atoms with Gasteiger partial charge < -0.3 is 10.0 Å². The molecule has 1 N–H and O–H groups in total. The van der Waals surface area contributed by atoms with Gasteiger partial charge in [-0.15, -0.1) is 0 Å². The summed E-state index contributed by atoms with van der Waals surface area (Å²) in [5.74, 6) is 0.180. The van der Waals surface area contributed by atoms with Gasteiger partial charge >= 0.3 is 0 Å². The molecule has 0 saturated heterocycles. The van der Waals surface area contributed by atoms with Crippen LogP contribution in [0, 0.1) is 11.3 Å². The van der Waals surface area contributed by atoms with Gasteiger partial charge in [-0.2, -0.15) is 5.26 Å². The highest BCUT2D eigenvalue weighted by atomic mass is 16.3. The maximum absolute atomic E-state index is 10.6. The first kappa shape index (κ1) is 18.8. The Hall–Kier alpha value is -2.57. The Morgan fingerprint density at radius 3 is 2.08 bits per heavy atom. The molecule has 25 heavy (non-hydrogen) atoms. The van der Waals surface area contributed by atoms with E-state index in [1.165, 1.54) is 5.56 Å². The van der Waals surface area contributed by atoms with Crippen molar-refractivity contribution < 1.29 is 5.11 Å². The molecule has 0 amide bonds. The van der Waals surface area contributed by atoms with E-state index in [1.807, 2.05) is 73.5 Å². The summed E-state index contributed by atoms with van der Waals surface area (Å²) in [6.45, 7) is 4.05. The average Bonchev–Trinajstić information content (AvgIpc) is 2.68. The Morgan fingerprint density at radius 2 is 1.60 bits per heavy atom. The molecular weight excluding hydrogens is 308 g/mol. The molecule has 0 heterocycles. The van der Waals surface area contributed by atoms with Gasteiger partial charge in [-0.05, 0) is 30.5 Å². The van der Waals surface area contributed by atoms with Crippen LogP contribution in [-0.2, 0) is 0 Å². The van der Waals surface area contributed by atoms with Gasteiger partial charge in [0, 0.05) is 13.0 Å². The summed E-state index contributed by atoms with van der Waals surface area (Å²) >= 11 is 0. The van der Waals surface area contributed by atoms with Crippen molar-refractivity contribution >= 4 is 0 Å². The highest BCUT2D eigenvalue weighted by Crippen LogP contribution is 2.26. The van der Waals surface area contributed by atoms with E-state index >= 15 is 0 Å². The van der Waals surface area contributed by atoms with E-state index < -0.39 is 6.10 Å². The summed E-state index contributed by atoms with van der Waals surface area (Å²) in [4.78, 5) is 1.86. The molecule has 130 valence electrons. The molecule has 0 saturated carbocycles. The molecule has 0 spiro atoms. The second-order valence-electron chi connectivity index (χ2n) is 6.30. The summed E-state index contributed by atoms with van der Waals surface area (Å²) in [6, 6.07) is 21.9. The van der Waals surface area contributed by atoms with E-state index in [1.54, 1.807) is 0 Å². The number of nitriles is 1. The van der Waals surface area contributed by atoms with E-state index in [-0.39, 0.29) is 12.0 Å². The lowest BCUT2D eigenvalue weighted by Gasteiger charge is -2.31. The molecule has 0 aliphatic carbocycles. The van der Waals surface area contributed by atoms with Crippen LogP contribution in [0.25, 0.3) is 0 Å². The van der Waals surface area contributed by atoms with Crippen LogP contribution in [0.2, 0.25) is 0 Å². The van der Waals surface area contributed by atoms with Crippen LogP contribution in [0.3, 0.4) is 0 Å². The lowest BCUT2D eigenvalue weighted by atomic mass is 9.95. The Morgan fingerprint density at radius 1 is 1.08 bits per heavy atom. The van der Waals surface area contributed by atoms with E-state index in [0.717, 1.165) is 12.0 Å². The highest BCUT2D eigenvalue weighted by molar-refractivity contribution is 5.30. The number of likely N-dealkylation sites (N-methyl/N-ethyl adjacent to an activating group) is 1.